The van der Waals surface area contributed by atoms with E-state index in [1.807, 2.05) is 0 Å². The van der Waals surface area contributed by atoms with Gasteiger partial charge in [-0.3, -0.25) is 4.72 Å². The standard InChI is InChI=1S/C13H14BrN3O3S/c14-10-7-12(13(15)16-8-10)21(19,20)17-11-3-1-9(2-4-11)5-6-18/h1-4,7-8,17-18H,5-6H2,(H2,15,16). The summed E-state index contributed by atoms with van der Waals surface area (Å²) in [6.45, 7) is 0.0469. The van der Waals surface area contributed by atoms with Crippen LogP contribution in [-0.4, -0.2) is 25.1 Å². The first-order chi connectivity index (χ1) is 9.92. The molecule has 0 atom stereocenters. The fourth-order valence-electron chi connectivity index (χ4n) is 1.73. The number of aliphatic hydroxyl groups is 1. The maximum absolute atomic E-state index is 12.3. The number of pyridine rings is 1. The highest BCUT2D eigenvalue weighted by atomic mass is 79.9. The molecular weight excluding hydrogens is 358 g/mol. The van der Waals surface area contributed by atoms with Gasteiger partial charge >= 0.3 is 0 Å². The Morgan fingerprint density at radius 1 is 1.29 bits per heavy atom. The molecule has 0 radical (unpaired) electrons. The number of nitrogen functional groups attached to an aromatic ring is 1. The molecular formula is C13H14BrN3O3S. The lowest BCUT2D eigenvalue weighted by Gasteiger charge is -2.10. The molecule has 0 aliphatic carbocycles. The van der Waals surface area contributed by atoms with Crippen molar-refractivity contribution in [2.45, 2.75) is 11.3 Å². The molecule has 2 aromatic rings. The van der Waals surface area contributed by atoms with E-state index < -0.39 is 10.0 Å². The molecule has 0 unspecified atom stereocenters. The van der Waals surface area contributed by atoms with Gasteiger partial charge in [0.15, 0.2) is 0 Å². The Morgan fingerprint density at radius 3 is 2.57 bits per heavy atom. The third kappa shape index (κ3) is 3.93. The topological polar surface area (TPSA) is 105 Å². The molecule has 1 aromatic carbocycles. The van der Waals surface area contributed by atoms with Gasteiger partial charge in [-0.05, 0) is 46.1 Å². The fourth-order valence-corrected chi connectivity index (χ4v) is 3.37. The highest BCUT2D eigenvalue weighted by Crippen LogP contribution is 2.23. The maximum atomic E-state index is 12.3. The van der Waals surface area contributed by atoms with E-state index in [4.69, 9.17) is 10.8 Å². The van der Waals surface area contributed by atoms with Crippen molar-refractivity contribution < 1.29 is 13.5 Å². The number of nitrogens with two attached hydrogens (primary N) is 1. The molecule has 1 heterocycles. The second-order valence-electron chi connectivity index (χ2n) is 4.31. The molecule has 8 heteroatoms. The van der Waals surface area contributed by atoms with E-state index in [1.165, 1.54) is 12.3 Å². The number of aromatic nitrogens is 1. The summed E-state index contributed by atoms with van der Waals surface area (Å²) in [7, 11) is -3.81. The van der Waals surface area contributed by atoms with Crippen LogP contribution in [0.25, 0.3) is 0 Å². The van der Waals surface area contributed by atoms with E-state index in [2.05, 4.69) is 25.6 Å². The normalized spacial score (nSPS) is 11.3. The first kappa shape index (κ1) is 15.7. The van der Waals surface area contributed by atoms with Crippen LogP contribution in [0.1, 0.15) is 5.56 Å². The predicted molar refractivity (Wildman–Crippen MR) is 84.4 cm³/mol. The molecule has 0 aliphatic heterocycles. The number of nitrogens with zero attached hydrogens (tertiary/aromatic N) is 1. The maximum Gasteiger partial charge on any atom is 0.265 e. The molecule has 0 amide bonds. The summed E-state index contributed by atoms with van der Waals surface area (Å²) < 4.78 is 27.6. The van der Waals surface area contributed by atoms with Crippen LogP contribution in [0.5, 0.6) is 0 Å². The molecule has 21 heavy (non-hydrogen) atoms. The van der Waals surface area contributed by atoms with Gasteiger partial charge in [-0.15, -0.1) is 0 Å². The zero-order valence-corrected chi connectivity index (χ0v) is 13.4. The van der Waals surface area contributed by atoms with Gasteiger partial charge in [0, 0.05) is 23.0 Å². The molecule has 1 aromatic heterocycles. The number of rotatable bonds is 5. The molecule has 0 bridgehead atoms. The number of aliphatic hydroxyl groups excluding tert-OH is 1. The zero-order valence-electron chi connectivity index (χ0n) is 11.0. The summed E-state index contributed by atoms with van der Waals surface area (Å²) in [6, 6.07) is 8.15. The third-order valence-corrected chi connectivity index (χ3v) is 4.59. The summed E-state index contributed by atoms with van der Waals surface area (Å²) in [5, 5.41) is 8.84. The van der Waals surface area contributed by atoms with Crippen molar-refractivity contribution in [1.29, 1.82) is 0 Å². The van der Waals surface area contributed by atoms with Crippen molar-refractivity contribution in [2.24, 2.45) is 0 Å². The second-order valence-corrected chi connectivity index (χ2v) is 6.88. The van der Waals surface area contributed by atoms with Crippen LogP contribution in [-0.2, 0) is 16.4 Å². The van der Waals surface area contributed by atoms with E-state index >= 15 is 0 Å². The Morgan fingerprint density at radius 2 is 1.95 bits per heavy atom. The van der Waals surface area contributed by atoms with Gasteiger partial charge in [-0.2, -0.15) is 0 Å². The van der Waals surface area contributed by atoms with Gasteiger partial charge in [0.25, 0.3) is 10.0 Å². The van der Waals surface area contributed by atoms with Gasteiger partial charge in [-0.1, -0.05) is 12.1 Å². The van der Waals surface area contributed by atoms with Crippen molar-refractivity contribution >= 4 is 37.5 Å². The Balaban J connectivity index is 2.26. The molecule has 0 saturated carbocycles. The van der Waals surface area contributed by atoms with Gasteiger partial charge < -0.3 is 10.8 Å². The molecule has 0 fully saturated rings. The van der Waals surface area contributed by atoms with Gasteiger partial charge in [0.2, 0.25) is 0 Å². The molecule has 0 saturated heterocycles. The average molecular weight is 372 g/mol. The summed E-state index contributed by atoms with van der Waals surface area (Å²) in [5.41, 5.74) is 6.95. The minimum atomic E-state index is -3.81. The van der Waals surface area contributed by atoms with Gasteiger partial charge in [0.05, 0.1) is 0 Å². The fraction of sp³-hybridized carbons (Fsp3) is 0.154. The van der Waals surface area contributed by atoms with Crippen LogP contribution >= 0.6 is 15.9 Å². The number of anilines is 2. The highest BCUT2D eigenvalue weighted by Gasteiger charge is 2.19. The van der Waals surface area contributed by atoms with Crippen LogP contribution in [0, 0.1) is 0 Å². The molecule has 4 N–H and O–H groups in total. The van der Waals surface area contributed by atoms with Crippen LogP contribution < -0.4 is 10.5 Å². The van der Waals surface area contributed by atoms with Gasteiger partial charge in [0.1, 0.15) is 10.7 Å². The van der Waals surface area contributed by atoms with Crippen LogP contribution in [0.2, 0.25) is 0 Å². The van der Waals surface area contributed by atoms with Crippen molar-refractivity contribution in [1.82, 2.24) is 4.98 Å². The number of hydrogen-bond acceptors (Lipinski definition) is 5. The largest absolute Gasteiger partial charge is 0.396 e. The third-order valence-electron chi connectivity index (χ3n) is 2.74. The van der Waals surface area contributed by atoms with Crippen molar-refractivity contribution in [2.75, 3.05) is 17.1 Å². The lowest BCUT2D eigenvalue weighted by atomic mass is 10.1. The van der Waals surface area contributed by atoms with E-state index in [-0.39, 0.29) is 17.3 Å². The van der Waals surface area contributed by atoms with Gasteiger partial charge in [-0.25, -0.2) is 13.4 Å². The summed E-state index contributed by atoms with van der Waals surface area (Å²) in [5.74, 6) is -0.0670. The quantitative estimate of drug-likeness (QED) is 0.742. The summed E-state index contributed by atoms with van der Waals surface area (Å²) >= 11 is 3.17. The monoisotopic (exact) mass is 371 g/mol. The molecule has 6 nitrogen and oxygen atoms in total. The summed E-state index contributed by atoms with van der Waals surface area (Å²) in [6.07, 6.45) is 1.95. The first-order valence-corrected chi connectivity index (χ1v) is 8.33. The van der Waals surface area contributed by atoms with Crippen molar-refractivity contribution in [3.05, 3.63) is 46.6 Å². The van der Waals surface area contributed by atoms with Crippen LogP contribution in [0.4, 0.5) is 11.5 Å². The Labute approximate surface area is 131 Å². The van der Waals surface area contributed by atoms with Crippen LogP contribution in [0.15, 0.2) is 45.9 Å². The van der Waals surface area contributed by atoms with Crippen molar-refractivity contribution in [3.8, 4) is 0 Å². The minimum absolute atomic E-state index is 0.0469. The van der Waals surface area contributed by atoms with E-state index in [0.29, 0.717) is 16.6 Å². The van der Waals surface area contributed by atoms with E-state index in [1.54, 1.807) is 24.3 Å². The van der Waals surface area contributed by atoms with Crippen LogP contribution in [0.3, 0.4) is 0 Å². The Kier molecular flexibility index (Phi) is 4.81. The predicted octanol–water partition coefficient (Wildman–Crippen LogP) is 1.76. The minimum Gasteiger partial charge on any atom is -0.396 e. The average Bonchev–Trinajstić information content (AvgIpc) is 2.43. The SMILES string of the molecule is Nc1ncc(Br)cc1S(=O)(=O)Nc1ccc(CCO)cc1. The Hall–Kier alpha value is -1.64. The molecule has 2 rings (SSSR count). The zero-order chi connectivity index (χ0) is 15.5. The molecule has 0 aliphatic rings. The lowest BCUT2D eigenvalue weighted by molar-refractivity contribution is 0.299. The number of halogens is 1. The molecule has 112 valence electrons. The smallest absolute Gasteiger partial charge is 0.265 e. The summed E-state index contributed by atoms with van der Waals surface area (Å²) in [4.78, 5) is 3.72. The number of sulfonamides is 1. The number of hydrogen-bond donors (Lipinski definition) is 3. The van der Waals surface area contributed by atoms with Crippen molar-refractivity contribution in [3.63, 3.8) is 0 Å². The lowest BCUT2D eigenvalue weighted by Crippen LogP contribution is -2.15. The molecule has 0 spiro atoms. The van der Waals surface area contributed by atoms with E-state index in [9.17, 15) is 8.42 Å². The Bertz CT molecular complexity index is 733. The van der Waals surface area contributed by atoms with E-state index in [0.717, 1.165) is 5.56 Å². The second kappa shape index (κ2) is 6.42. The first-order valence-electron chi connectivity index (χ1n) is 6.06. The number of benzene rings is 1. The highest BCUT2D eigenvalue weighted by molar-refractivity contribution is 9.10. The number of nitrogens with one attached hydrogen (secondary N) is 1.